The van der Waals surface area contributed by atoms with Gasteiger partial charge in [-0.15, -0.1) is 0 Å². The van der Waals surface area contributed by atoms with Gasteiger partial charge in [0, 0.05) is 0 Å². The fourth-order valence-electron chi connectivity index (χ4n) is 0. The van der Waals surface area contributed by atoms with Crippen LogP contribution in [-0.4, -0.2) is 5.95 Å². The van der Waals surface area contributed by atoms with Crippen molar-refractivity contribution in [2.45, 2.75) is 5.95 Å². The Morgan fingerprint density at radius 3 is 0.700 bits per heavy atom. The average molecular weight is 352 g/mol. The molecule has 8 heteroatoms. The van der Waals surface area contributed by atoms with Crippen LogP contribution in [0.5, 0.6) is 0 Å². The maximum atomic E-state index is 4.98. The van der Waals surface area contributed by atoms with Crippen molar-refractivity contribution in [1.29, 1.82) is 0 Å². The van der Waals surface area contributed by atoms with Gasteiger partial charge in [-0.2, -0.15) is 0 Å². The topological polar surface area (TPSA) is 0 Å². The molecule has 0 aliphatic rings. The van der Waals surface area contributed by atoms with Gasteiger partial charge in [-0.05, 0) is 15.9 Å². The van der Waals surface area contributed by atoms with E-state index >= 15 is 0 Å². The smallest absolute Gasteiger partial charge is 0.0713 e. The van der Waals surface area contributed by atoms with E-state index in [2.05, 4.69) is 15.9 Å². The molecule has 0 nitrogen and oxygen atoms in total. The summed E-state index contributed by atoms with van der Waals surface area (Å²) in [6.45, 7) is 0. The van der Waals surface area contributed by atoms with E-state index in [1.807, 2.05) is 0 Å². The molecule has 0 heterocycles. The quantitative estimate of drug-likeness (QED) is 0.522. The molecule has 0 spiro atoms. The van der Waals surface area contributed by atoms with Crippen molar-refractivity contribution in [3.63, 3.8) is 0 Å². The first-order chi connectivity index (χ1) is 4.00. The van der Waals surface area contributed by atoms with Crippen molar-refractivity contribution in [3.8, 4) is 0 Å². The van der Waals surface area contributed by atoms with E-state index in [4.69, 9.17) is 81.2 Å². The molecule has 0 aromatic carbocycles. The Bertz CT molecular complexity index is 54.6. The highest BCUT2D eigenvalue weighted by Gasteiger charge is 2.11. The zero-order chi connectivity index (χ0) is 9.00. The molecule has 0 radical (unpaired) electrons. The van der Waals surface area contributed by atoms with Gasteiger partial charge in [0.1, 0.15) is 0 Å². The van der Waals surface area contributed by atoms with Crippen LogP contribution < -0.4 is 0 Å². The number of alkyl halides is 8. The third-order valence-electron chi connectivity index (χ3n) is 0. The summed E-state index contributed by atoms with van der Waals surface area (Å²) in [7, 11) is 0. The Kier molecular flexibility index (Phi) is 9.06. The van der Waals surface area contributed by atoms with E-state index in [-0.39, 0.29) is 0 Å². The summed E-state index contributed by atoms with van der Waals surface area (Å²) < 4.78 is -2.88. The first-order valence-corrected chi connectivity index (χ1v) is 4.95. The Balaban J connectivity index is 0. The zero-order valence-corrected chi connectivity index (χ0v) is 10.9. The van der Waals surface area contributed by atoms with Crippen molar-refractivity contribution in [2.75, 3.05) is 0 Å². The molecule has 0 unspecified atom stereocenters. The predicted octanol–water partition coefficient (Wildman–Crippen LogP) is 5.26. The van der Waals surface area contributed by atoms with Crippen molar-refractivity contribution in [3.05, 3.63) is 0 Å². The molecule has 0 aromatic rings. The molecule has 0 rings (SSSR count). The molecule has 0 N–H and O–H groups in total. The molecule has 0 atom stereocenters. The van der Waals surface area contributed by atoms with Gasteiger partial charge in [-0.25, -0.2) is 0 Å². The second-order valence-corrected chi connectivity index (χ2v) is 9.13. The summed E-state index contributed by atoms with van der Waals surface area (Å²) in [4.78, 5) is 0. The summed E-state index contributed by atoms with van der Waals surface area (Å²) in [5.41, 5.74) is 0. The van der Waals surface area contributed by atoms with Crippen LogP contribution in [0.3, 0.4) is 0 Å². The first-order valence-electron chi connectivity index (χ1n) is 1.51. The van der Waals surface area contributed by atoms with Gasteiger partial charge >= 0.3 is 0 Å². The first kappa shape index (κ1) is 15.0. The Labute approximate surface area is 102 Å². The lowest BCUT2D eigenvalue weighted by Gasteiger charge is -1.91. The predicted molar refractivity (Wildman–Crippen MR) is 55.4 cm³/mol. The second-order valence-electron chi connectivity index (χ2n) is 0.857. The van der Waals surface area contributed by atoms with E-state index in [1.165, 1.54) is 0 Å². The Hall–Kier alpha value is 2.51. The van der Waals surface area contributed by atoms with Gasteiger partial charge in [0.15, 0.2) is 0 Å². The fourth-order valence-corrected chi connectivity index (χ4v) is 0. The lowest BCUT2D eigenvalue weighted by molar-refractivity contribution is 1.76. The summed E-state index contributed by atoms with van der Waals surface area (Å²) in [6, 6.07) is 0. The Morgan fingerprint density at radius 1 is 0.700 bits per heavy atom. The molecular weight excluding hydrogens is 352 g/mol. The average Bonchev–Trinajstić information content (AvgIpc) is 1.12. The van der Waals surface area contributed by atoms with Gasteiger partial charge in [-0.1, -0.05) is 81.2 Å². The number of hydrogen-bond acceptors (Lipinski definition) is 0. The van der Waals surface area contributed by atoms with Crippen LogP contribution in [0.4, 0.5) is 0 Å². The number of rotatable bonds is 0. The van der Waals surface area contributed by atoms with Crippen LogP contribution in [0, 0.1) is 0 Å². The molecule has 0 aliphatic heterocycles. The summed E-state index contributed by atoms with van der Waals surface area (Å²) in [6.07, 6.45) is 0. The molecule has 0 bridgehead atoms. The molecule has 0 aromatic heterocycles. The maximum Gasteiger partial charge on any atom is 0.266 e. The highest BCUT2D eigenvalue weighted by atomic mass is 79.9. The minimum atomic E-state index is -1.61. The molecule has 0 fully saturated rings. The van der Waals surface area contributed by atoms with Gasteiger partial charge in [0.05, 0.1) is 0 Å². The second kappa shape index (κ2) is 6.04. The van der Waals surface area contributed by atoms with E-state index < -0.39 is 5.95 Å². The summed E-state index contributed by atoms with van der Waals surface area (Å²) in [5, 5.41) is 0. The van der Waals surface area contributed by atoms with Gasteiger partial charge in [-0.3, -0.25) is 0 Å². The van der Waals surface area contributed by atoms with Crippen molar-refractivity contribution >= 4 is 97.1 Å². The molecule has 10 heavy (non-hydrogen) atoms. The zero-order valence-electron chi connectivity index (χ0n) is 4.02. The number of halogens is 8. The third-order valence-corrected chi connectivity index (χ3v) is 0. The fraction of sp³-hybridized carbons (Fsp3) is 1.00. The van der Waals surface area contributed by atoms with Gasteiger partial charge in [0.25, 0.3) is 3.25 Å². The minimum absolute atomic E-state index is 1.27. The van der Waals surface area contributed by atoms with Gasteiger partial charge < -0.3 is 0 Å². The third kappa shape index (κ3) is 151. The molecular formula is C2BrCl7. The molecule has 0 aliphatic carbocycles. The molecule has 64 valence electrons. The van der Waals surface area contributed by atoms with Crippen LogP contribution in [-0.2, 0) is 0 Å². The van der Waals surface area contributed by atoms with Crippen LogP contribution in [0.2, 0.25) is 0 Å². The van der Waals surface area contributed by atoms with Gasteiger partial charge in [0.2, 0.25) is 2.70 Å². The standard InChI is InChI=1S/CBrCl3.CCl4/c2*2-1(3,4)5. The monoisotopic (exact) mass is 348 g/mol. The Morgan fingerprint density at radius 2 is 0.700 bits per heavy atom. The lowest BCUT2D eigenvalue weighted by atomic mass is 11.8. The van der Waals surface area contributed by atoms with Crippen molar-refractivity contribution in [2.24, 2.45) is 0 Å². The van der Waals surface area contributed by atoms with Crippen LogP contribution in [0.1, 0.15) is 0 Å². The van der Waals surface area contributed by atoms with Crippen molar-refractivity contribution < 1.29 is 0 Å². The van der Waals surface area contributed by atoms with E-state index in [9.17, 15) is 0 Å². The van der Waals surface area contributed by atoms with Crippen LogP contribution >= 0.6 is 97.1 Å². The summed E-state index contributed by atoms with van der Waals surface area (Å²) in [5.74, 6) is 0. The lowest BCUT2D eigenvalue weighted by Crippen LogP contribution is -1.81. The molecule has 0 amide bonds. The highest BCUT2D eigenvalue weighted by Crippen LogP contribution is 2.32. The molecule has 0 saturated heterocycles. The number of hydrogen-bond donors (Lipinski definition) is 0. The largest absolute Gasteiger partial charge is 0.266 e. The normalized spacial score (nSPS) is 12.0. The van der Waals surface area contributed by atoms with E-state index in [0.717, 1.165) is 0 Å². The highest BCUT2D eigenvalue weighted by molar-refractivity contribution is 9.11. The van der Waals surface area contributed by atoms with Crippen LogP contribution in [0.25, 0.3) is 0 Å². The molecule has 0 saturated carbocycles. The SMILES string of the molecule is ClC(Cl)(Cl)Br.ClC(Cl)(Cl)Cl. The summed E-state index contributed by atoms with van der Waals surface area (Å²) >= 11 is 36.9. The van der Waals surface area contributed by atoms with Crippen molar-refractivity contribution in [1.82, 2.24) is 0 Å². The van der Waals surface area contributed by atoms with Crippen LogP contribution in [0.15, 0.2) is 0 Å². The minimum Gasteiger partial charge on any atom is -0.0713 e. The van der Waals surface area contributed by atoms with E-state index in [1.54, 1.807) is 0 Å². The maximum absolute atomic E-state index is 4.98. The van der Waals surface area contributed by atoms with E-state index in [0.29, 0.717) is 0 Å².